The predicted octanol–water partition coefficient (Wildman–Crippen LogP) is 4.10. The summed E-state index contributed by atoms with van der Waals surface area (Å²) in [6.07, 6.45) is 1.36. The van der Waals surface area contributed by atoms with Crippen LogP contribution < -0.4 is 4.74 Å². The molecule has 0 aliphatic carbocycles. The van der Waals surface area contributed by atoms with Gasteiger partial charge >= 0.3 is 5.97 Å². The molecule has 0 unspecified atom stereocenters. The number of carbonyl (C=O) groups is 1. The van der Waals surface area contributed by atoms with E-state index in [-0.39, 0.29) is 5.70 Å². The highest BCUT2D eigenvalue weighted by atomic mass is 16.5. The number of hydrogen-bond acceptors (Lipinski definition) is 2. The van der Waals surface area contributed by atoms with E-state index in [0.717, 1.165) is 16.9 Å². The van der Waals surface area contributed by atoms with Gasteiger partial charge in [0.25, 0.3) is 5.70 Å². The summed E-state index contributed by atoms with van der Waals surface area (Å²) < 4.78 is 5.40. The molecule has 110 valence electrons. The molecule has 4 heteroatoms. The largest absolute Gasteiger partial charge is 0.494 e. The number of carboxylic acid groups (broad SMARTS) is 1. The summed E-state index contributed by atoms with van der Waals surface area (Å²) >= 11 is 0. The van der Waals surface area contributed by atoms with Crippen LogP contribution in [0.4, 0.5) is 0 Å². The monoisotopic (exact) mass is 293 g/mol. The second kappa shape index (κ2) is 7.09. The van der Waals surface area contributed by atoms with Gasteiger partial charge in [-0.15, -0.1) is 0 Å². The van der Waals surface area contributed by atoms with Crippen molar-refractivity contribution in [1.82, 2.24) is 0 Å². The molecule has 2 rings (SSSR count). The SMILES string of the molecule is [C-]#[N+]/C(=C\c1ccc(-c2ccc(OCC)cc2)cc1)C(=O)O. The van der Waals surface area contributed by atoms with Crippen LogP contribution in [0.25, 0.3) is 22.0 Å². The molecule has 2 aromatic carbocycles. The lowest BCUT2D eigenvalue weighted by Crippen LogP contribution is -1.95. The zero-order valence-electron chi connectivity index (χ0n) is 12.1. The van der Waals surface area contributed by atoms with Crippen LogP contribution in [0.5, 0.6) is 5.75 Å². The highest BCUT2D eigenvalue weighted by Crippen LogP contribution is 2.23. The molecule has 2 aromatic rings. The van der Waals surface area contributed by atoms with Crippen molar-refractivity contribution in [2.45, 2.75) is 6.92 Å². The van der Waals surface area contributed by atoms with Crippen LogP contribution in [-0.4, -0.2) is 17.7 Å². The Kier molecular flexibility index (Phi) is 4.94. The summed E-state index contributed by atoms with van der Waals surface area (Å²) in [5.41, 5.74) is 2.44. The van der Waals surface area contributed by atoms with E-state index >= 15 is 0 Å². The third kappa shape index (κ3) is 3.74. The van der Waals surface area contributed by atoms with Crippen molar-refractivity contribution in [3.63, 3.8) is 0 Å². The van der Waals surface area contributed by atoms with Crippen LogP contribution in [0.1, 0.15) is 12.5 Å². The molecule has 0 aliphatic heterocycles. The molecule has 0 saturated carbocycles. The van der Waals surface area contributed by atoms with Crippen molar-refractivity contribution in [1.29, 1.82) is 0 Å². The van der Waals surface area contributed by atoms with E-state index in [0.29, 0.717) is 12.2 Å². The summed E-state index contributed by atoms with van der Waals surface area (Å²) in [5, 5.41) is 8.84. The van der Waals surface area contributed by atoms with Crippen LogP contribution in [-0.2, 0) is 4.79 Å². The first-order chi connectivity index (χ1) is 10.6. The number of nitrogens with zero attached hydrogens (tertiary/aromatic N) is 1. The van der Waals surface area contributed by atoms with Crippen LogP contribution in [0, 0.1) is 6.57 Å². The van der Waals surface area contributed by atoms with Crippen molar-refractivity contribution >= 4 is 12.0 Å². The Morgan fingerprint density at radius 2 is 1.68 bits per heavy atom. The third-order valence-corrected chi connectivity index (χ3v) is 3.05. The van der Waals surface area contributed by atoms with Gasteiger partial charge in [0.1, 0.15) is 5.75 Å². The number of hydrogen-bond donors (Lipinski definition) is 1. The van der Waals surface area contributed by atoms with E-state index in [4.69, 9.17) is 16.4 Å². The fraction of sp³-hybridized carbons (Fsp3) is 0.111. The second-order valence-corrected chi connectivity index (χ2v) is 4.53. The molecule has 0 radical (unpaired) electrons. The van der Waals surface area contributed by atoms with Gasteiger partial charge in [0.15, 0.2) is 0 Å². The number of carboxylic acids is 1. The molecular weight excluding hydrogens is 278 g/mol. The lowest BCUT2D eigenvalue weighted by molar-refractivity contribution is -0.132. The second-order valence-electron chi connectivity index (χ2n) is 4.53. The summed E-state index contributed by atoms with van der Waals surface area (Å²) in [7, 11) is 0. The van der Waals surface area contributed by atoms with Gasteiger partial charge < -0.3 is 9.84 Å². The van der Waals surface area contributed by atoms with E-state index in [9.17, 15) is 4.79 Å². The lowest BCUT2D eigenvalue weighted by Gasteiger charge is -2.05. The summed E-state index contributed by atoms with van der Waals surface area (Å²) in [5.74, 6) is -0.389. The Bertz CT molecular complexity index is 722. The first-order valence-electron chi connectivity index (χ1n) is 6.79. The number of ether oxygens (including phenoxy) is 1. The molecule has 0 aromatic heterocycles. The Labute approximate surface area is 129 Å². The van der Waals surface area contributed by atoms with E-state index in [1.165, 1.54) is 6.08 Å². The molecule has 0 spiro atoms. The minimum Gasteiger partial charge on any atom is -0.494 e. The number of benzene rings is 2. The predicted molar refractivity (Wildman–Crippen MR) is 85.3 cm³/mol. The molecule has 0 aliphatic rings. The molecule has 0 fully saturated rings. The molecule has 0 bridgehead atoms. The van der Waals surface area contributed by atoms with Gasteiger partial charge in [-0.1, -0.05) is 36.4 Å². The van der Waals surface area contributed by atoms with E-state index in [1.54, 1.807) is 12.1 Å². The van der Waals surface area contributed by atoms with E-state index < -0.39 is 5.97 Å². The lowest BCUT2D eigenvalue weighted by atomic mass is 10.0. The third-order valence-electron chi connectivity index (χ3n) is 3.05. The number of rotatable bonds is 5. The molecule has 0 saturated heterocycles. The average Bonchev–Trinajstić information content (AvgIpc) is 2.54. The molecular formula is C18H15NO3. The quantitative estimate of drug-likeness (QED) is 0.667. The van der Waals surface area contributed by atoms with Crippen molar-refractivity contribution in [2.75, 3.05) is 6.61 Å². The van der Waals surface area contributed by atoms with Crippen LogP contribution >= 0.6 is 0 Å². The Morgan fingerprint density at radius 1 is 1.14 bits per heavy atom. The van der Waals surface area contributed by atoms with Crippen LogP contribution in [0.3, 0.4) is 0 Å². The minimum absolute atomic E-state index is 0.297. The van der Waals surface area contributed by atoms with Crippen molar-refractivity contribution in [2.24, 2.45) is 0 Å². The van der Waals surface area contributed by atoms with Gasteiger partial charge in [0.2, 0.25) is 0 Å². The molecule has 0 atom stereocenters. The highest BCUT2D eigenvalue weighted by Gasteiger charge is 2.06. The Balaban J connectivity index is 2.22. The minimum atomic E-state index is -1.22. The maximum Gasteiger partial charge on any atom is 0.333 e. The maximum atomic E-state index is 10.8. The first-order valence-corrected chi connectivity index (χ1v) is 6.79. The first kappa shape index (κ1) is 15.3. The Morgan fingerprint density at radius 3 is 2.14 bits per heavy atom. The normalized spacial score (nSPS) is 10.8. The molecule has 0 amide bonds. The van der Waals surface area contributed by atoms with Crippen LogP contribution in [0.2, 0.25) is 0 Å². The topological polar surface area (TPSA) is 50.9 Å². The maximum absolute atomic E-state index is 10.8. The summed E-state index contributed by atoms with van der Waals surface area (Å²) in [6, 6.07) is 15.1. The van der Waals surface area contributed by atoms with Gasteiger partial charge in [0, 0.05) is 0 Å². The van der Waals surface area contributed by atoms with E-state index in [2.05, 4.69) is 4.85 Å². The molecule has 22 heavy (non-hydrogen) atoms. The zero-order chi connectivity index (χ0) is 15.9. The van der Waals surface area contributed by atoms with Gasteiger partial charge in [-0.3, -0.25) is 4.79 Å². The Hall–Kier alpha value is -3.06. The fourth-order valence-corrected chi connectivity index (χ4v) is 1.98. The average molecular weight is 293 g/mol. The van der Waals surface area contributed by atoms with Crippen molar-refractivity contribution in [3.05, 3.63) is 71.2 Å². The molecule has 0 heterocycles. The van der Waals surface area contributed by atoms with E-state index in [1.807, 2.05) is 43.3 Å². The smallest absolute Gasteiger partial charge is 0.333 e. The van der Waals surface area contributed by atoms with Gasteiger partial charge in [0.05, 0.1) is 13.2 Å². The zero-order valence-corrected chi connectivity index (χ0v) is 12.1. The summed E-state index contributed by atoms with van der Waals surface area (Å²) in [4.78, 5) is 13.8. The standard InChI is InChI=1S/C18H15NO3/c1-3-22-16-10-8-15(9-11-16)14-6-4-13(5-7-14)12-17(19-2)18(20)21/h4-12H,3H2,1H3,(H,20,21)/b17-12-. The van der Waals surface area contributed by atoms with Crippen molar-refractivity contribution in [3.8, 4) is 16.9 Å². The van der Waals surface area contributed by atoms with Gasteiger partial charge in [-0.05, 0) is 41.8 Å². The van der Waals surface area contributed by atoms with Crippen LogP contribution in [0.15, 0.2) is 54.2 Å². The van der Waals surface area contributed by atoms with Gasteiger partial charge in [-0.25, -0.2) is 4.85 Å². The number of aliphatic carboxylic acids is 1. The highest BCUT2D eigenvalue weighted by molar-refractivity contribution is 5.94. The molecule has 4 nitrogen and oxygen atoms in total. The van der Waals surface area contributed by atoms with Gasteiger partial charge in [-0.2, -0.15) is 0 Å². The van der Waals surface area contributed by atoms with Crippen molar-refractivity contribution < 1.29 is 14.6 Å². The fourth-order valence-electron chi connectivity index (χ4n) is 1.98. The molecule has 1 N–H and O–H groups in total. The summed E-state index contributed by atoms with van der Waals surface area (Å²) in [6.45, 7) is 9.41.